The number of halogens is 2. The smallest absolute Gasteiger partial charge is 0.337 e. The predicted octanol–water partition coefficient (Wildman–Crippen LogP) is 3.48. The van der Waals surface area contributed by atoms with E-state index in [1.807, 2.05) is 6.07 Å². The van der Waals surface area contributed by atoms with Gasteiger partial charge in [0, 0.05) is 10.4 Å². The summed E-state index contributed by atoms with van der Waals surface area (Å²) in [4.78, 5) is 49.6. The molecule has 0 fully saturated rings. The van der Waals surface area contributed by atoms with Gasteiger partial charge in [-0.3, -0.25) is 14.4 Å². The molecule has 1 aliphatic rings. The van der Waals surface area contributed by atoms with Gasteiger partial charge in [0.15, 0.2) is 0 Å². The minimum absolute atomic E-state index is 0.0275. The topological polar surface area (TPSA) is 135 Å². The first-order chi connectivity index (χ1) is 17.2. The molecule has 2 amide bonds. The van der Waals surface area contributed by atoms with Crippen molar-refractivity contribution >= 4 is 57.1 Å². The van der Waals surface area contributed by atoms with Crippen LogP contribution in [0.4, 0.5) is 10.1 Å². The number of carbonyl (C=O) groups is 4. The fourth-order valence-corrected chi connectivity index (χ4v) is 4.72. The Morgan fingerprint density at radius 2 is 1.86 bits per heavy atom. The lowest BCUT2D eigenvalue weighted by Gasteiger charge is -2.31. The molecule has 36 heavy (non-hydrogen) atoms. The lowest BCUT2D eigenvalue weighted by atomic mass is 9.78. The first-order valence-electron chi connectivity index (χ1n) is 10.3. The maximum Gasteiger partial charge on any atom is 0.337 e. The van der Waals surface area contributed by atoms with E-state index in [0.717, 1.165) is 18.9 Å². The molecule has 2 aromatic carbocycles. The molecule has 2 N–H and O–H groups in total. The Hall–Kier alpha value is -3.69. The summed E-state index contributed by atoms with van der Waals surface area (Å²) in [5, 5.41) is 15.0. The van der Waals surface area contributed by atoms with Crippen molar-refractivity contribution in [3.8, 4) is 6.07 Å². The molecule has 0 aliphatic carbocycles. The third kappa shape index (κ3) is 5.92. The number of nitriles is 1. The van der Waals surface area contributed by atoms with E-state index < -0.39 is 41.4 Å². The average molecular weight is 576 g/mol. The highest BCUT2D eigenvalue weighted by molar-refractivity contribution is 9.10. The normalized spacial score (nSPS) is 17.0. The lowest BCUT2D eigenvalue weighted by molar-refractivity contribution is -0.150. The molecule has 1 heterocycles. The van der Waals surface area contributed by atoms with Crippen LogP contribution in [0.15, 0.2) is 57.5 Å². The van der Waals surface area contributed by atoms with Crippen LogP contribution in [0.2, 0.25) is 0 Å². The van der Waals surface area contributed by atoms with E-state index >= 15 is 0 Å². The summed E-state index contributed by atoms with van der Waals surface area (Å²) >= 11 is 3.99. The number of hydrogen-bond donors (Lipinski definition) is 2. The average Bonchev–Trinajstić information content (AvgIpc) is 2.87. The Morgan fingerprint density at radius 3 is 2.44 bits per heavy atom. The summed E-state index contributed by atoms with van der Waals surface area (Å²) in [6.07, 6.45) is 0. The molecule has 12 heteroatoms. The van der Waals surface area contributed by atoms with E-state index in [2.05, 4.69) is 31.3 Å². The van der Waals surface area contributed by atoms with Gasteiger partial charge in [-0.2, -0.15) is 5.26 Å². The zero-order valence-corrected chi connectivity index (χ0v) is 21.4. The SMILES string of the molecule is COC(=O)c1ccc([C@H]2C(C#N)=C(SCC(=O)Nc3ccc(Br)cc3F)NC(=O)[C@@H]2C(=O)OC)cc1. The molecule has 2 aromatic rings. The van der Waals surface area contributed by atoms with Crippen molar-refractivity contribution in [3.05, 3.63) is 74.5 Å². The van der Waals surface area contributed by atoms with Crippen LogP contribution in [-0.2, 0) is 23.9 Å². The van der Waals surface area contributed by atoms with E-state index in [-0.39, 0.29) is 27.6 Å². The molecule has 1 aliphatic heterocycles. The molecule has 0 saturated heterocycles. The Labute approximate surface area is 218 Å². The van der Waals surface area contributed by atoms with Crippen molar-refractivity contribution in [1.82, 2.24) is 5.32 Å². The van der Waals surface area contributed by atoms with Crippen LogP contribution >= 0.6 is 27.7 Å². The first-order valence-corrected chi connectivity index (χ1v) is 12.1. The number of allylic oxidation sites excluding steroid dienone is 1. The van der Waals surface area contributed by atoms with E-state index in [1.54, 1.807) is 6.07 Å². The second-order valence-electron chi connectivity index (χ2n) is 7.40. The number of amides is 2. The van der Waals surface area contributed by atoms with Gasteiger partial charge >= 0.3 is 11.9 Å². The highest BCUT2D eigenvalue weighted by atomic mass is 79.9. The summed E-state index contributed by atoms with van der Waals surface area (Å²) in [7, 11) is 2.36. The molecule has 0 bridgehead atoms. The van der Waals surface area contributed by atoms with Crippen molar-refractivity contribution in [2.75, 3.05) is 25.3 Å². The summed E-state index contributed by atoms with van der Waals surface area (Å²) in [6, 6.07) is 12.1. The standard InChI is InChI=1S/C24H19BrFN3O6S/c1-34-23(32)13-5-3-12(4-6-13)19-15(10-27)22(29-21(31)20(19)24(33)35-2)36-11-18(30)28-17-8-7-14(25)9-16(17)26/h3-9,19-20H,11H2,1-2H3,(H,28,30)(H,29,31)/t19-,20+/m0/s1. The molecule has 9 nitrogen and oxygen atoms in total. The Balaban J connectivity index is 1.91. The molecule has 0 spiro atoms. The van der Waals surface area contributed by atoms with Crippen LogP contribution in [0.3, 0.4) is 0 Å². The summed E-state index contributed by atoms with van der Waals surface area (Å²) in [5.74, 6) is -6.02. The molecule has 3 rings (SSSR count). The van der Waals surface area contributed by atoms with E-state index in [4.69, 9.17) is 4.74 Å². The number of ether oxygens (including phenoxy) is 2. The summed E-state index contributed by atoms with van der Waals surface area (Å²) < 4.78 is 24.0. The Bertz CT molecular complexity index is 1290. The largest absolute Gasteiger partial charge is 0.468 e. The first kappa shape index (κ1) is 26.9. The molecular formula is C24H19BrFN3O6S. The predicted molar refractivity (Wildman–Crippen MR) is 132 cm³/mol. The fourth-order valence-electron chi connectivity index (χ4n) is 3.54. The minimum Gasteiger partial charge on any atom is -0.468 e. The molecule has 186 valence electrons. The van der Waals surface area contributed by atoms with Gasteiger partial charge in [0.1, 0.15) is 11.7 Å². The number of nitrogens with one attached hydrogen (secondary N) is 2. The van der Waals surface area contributed by atoms with Crippen LogP contribution in [0, 0.1) is 23.1 Å². The number of hydrogen-bond acceptors (Lipinski definition) is 8. The maximum atomic E-state index is 14.0. The molecule has 0 radical (unpaired) electrons. The number of nitrogens with zero attached hydrogens (tertiary/aromatic N) is 1. The van der Waals surface area contributed by atoms with Crippen molar-refractivity contribution in [3.63, 3.8) is 0 Å². The zero-order valence-electron chi connectivity index (χ0n) is 19.0. The Morgan fingerprint density at radius 1 is 1.17 bits per heavy atom. The second kappa shape index (κ2) is 11.8. The third-order valence-corrected chi connectivity index (χ3v) is 6.74. The van der Waals surface area contributed by atoms with Gasteiger partial charge in [0.05, 0.1) is 47.9 Å². The number of rotatable bonds is 7. The van der Waals surface area contributed by atoms with E-state index in [9.17, 15) is 28.8 Å². The summed E-state index contributed by atoms with van der Waals surface area (Å²) in [5.41, 5.74) is 0.651. The van der Waals surface area contributed by atoms with Gasteiger partial charge in [-0.1, -0.05) is 39.8 Å². The molecule has 2 atom stereocenters. The van der Waals surface area contributed by atoms with E-state index in [0.29, 0.717) is 10.0 Å². The zero-order chi connectivity index (χ0) is 26.4. The van der Waals surface area contributed by atoms with Gasteiger partial charge < -0.3 is 20.1 Å². The van der Waals surface area contributed by atoms with Gasteiger partial charge in [-0.05, 0) is 35.9 Å². The van der Waals surface area contributed by atoms with Gasteiger partial charge in [0.2, 0.25) is 11.8 Å². The van der Waals surface area contributed by atoms with Crippen molar-refractivity contribution < 1.29 is 33.0 Å². The molecule has 0 unspecified atom stereocenters. The minimum atomic E-state index is -1.37. The third-order valence-electron chi connectivity index (χ3n) is 5.23. The number of thioether (sulfide) groups is 1. The Kier molecular flexibility index (Phi) is 8.84. The van der Waals surface area contributed by atoms with Crippen LogP contribution in [-0.4, -0.2) is 43.7 Å². The quantitative estimate of drug-likeness (QED) is 0.378. The maximum absolute atomic E-state index is 14.0. The van der Waals surface area contributed by atoms with Crippen LogP contribution in [0.1, 0.15) is 21.8 Å². The van der Waals surface area contributed by atoms with Gasteiger partial charge in [0.25, 0.3) is 0 Å². The van der Waals surface area contributed by atoms with Crippen molar-refractivity contribution in [2.24, 2.45) is 5.92 Å². The molecular weight excluding hydrogens is 557 g/mol. The number of anilines is 1. The van der Waals surface area contributed by atoms with Crippen LogP contribution < -0.4 is 10.6 Å². The second-order valence-corrected chi connectivity index (χ2v) is 9.30. The number of carbonyl (C=O) groups excluding carboxylic acids is 4. The van der Waals surface area contributed by atoms with E-state index in [1.165, 1.54) is 43.5 Å². The summed E-state index contributed by atoms with van der Waals surface area (Å²) in [6.45, 7) is 0. The number of methoxy groups -OCH3 is 2. The van der Waals surface area contributed by atoms with Gasteiger partial charge in [-0.25, -0.2) is 9.18 Å². The van der Waals surface area contributed by atoms with Gasteiger partial charge in [-0.15, -0.1) is 0 Å². The lowest BCUT2D eigenvalue weighted by Crippen LogP contribution is -2.44. The number of benzene rings is 2. The highest BCUT2D eigenvalue weighted by Gasteiger charge is 2.44. The van der Waals surface area contributed by atoms with Crippen molar-refractivity contribution in [1.29, 1.82) is 5.26 Å². The van der Waals surface area contributed by atoms with Crippen LogP contribution in [0.25, 0.3) is 0 Å². The van der Waals surface area contributed by atoms with Crippen molar-refractivity contribution in [2.45, 2.75) is 5.92 Å². The highest BCUT2D eigenvalue weighted by Crippen LogP contribution is 2.40. The fraction of sp³-hybridized carbons (Fsp3) is 0.208. The molecule has 0 saturated carbocycles. The van der Waals surface area contributed by atoms with Crippen LogP contribution in [0.5, 0.6) is 0 Å². The molecule has 0 aromatic heterocycles. The number of esters is 2. The monoisotopic (exact) mass is 575 g/mol.